The van der Waals surface area contributed by atoms with E-state index in [-0.39, 0.29) is 24.2 Å². The van der Waals surface area contributed by atoms with Crippen molar-refractivity contribution in [1.82, 2.24) is 10.3 Å². The van der Waals surface area contributed by atoms with Gasteiger partial charge in [-0.25, -0.2) is 4.98 Å². The number of amides is 2. The summed E-state index contributed by atoms with van der Waals surface area (Å²) in [7, 11) is 0. The fraction of sp³-hybridized carbons (Fsp3) is 0.227. The molecule has 1 atom stereocenters. The normalized spacial score (nSPS) is 16.3. The average Bonchev–Trinajstić information content (AvgIpc) is 3.33. The molecule has 4 rings (SSSR count). The first-order valence-corrected chi connectivity index (χ1v) is 10.6. The summed E-state index contributed by atoms with van der Waals surface area (Å²) in [6.07, 6.45) is 0.194. The van der Waals surface area contributed by atoms with Gasteiger partial charge in [0, 0.05) is 30.5 Å². The molecule has 2 amide bonds. The predicted molar refractivity (Wildman–Crippen MR) is 116 cm³/mol. The molecule has 1 aliphatic heterocycles. The van der Waals surface area contributed by atoms with Crippen molar-refractivity contribution in [2.75, 3.05) is 11.4 Å². The fourth-order valence-corrected chi connectivity index (χ4v) is 4.27. The van der Waals surface area contributed by atoms with Crippen LogP contribution in [0.1, 0.15) is 17.0 Å². The number of para-hydroxylation sites is 1. The van der Waals surface area contributed by atoms with Crippen molar-refractivity contribution < 1.29 is 9.59 Å². The van der Waals surface area contributed by atoms with Gasteiger partial charge < -0.3 is 10.2 Å². The first-order chi connectivity index (χ1) is 14.0. The second-order valence-electron chi connectivity index (χ2n) is 7.02. The maximum atomic E-state index is 12.6. The zero-order valence-electron chi connectivity index (χ0n) is 15.9. The van der Waals surface area contributed by atoms with Crippen LogP contribution in [0.25, 0.3) is 11.3 Å². The van der Waals surface area contributed by atoms with Gasteiger partial charge in [0.2, 0.25) is 11.8 Å². The minimum Gasteiger partial charge on any atom is -0.352 e. The maximum Gasteiger partial charge on any atom is 0.227 e. The number of benzene rings is 2. The summed E-state index contributed by atoms with van der Waals surface area (Å²) in [5.41, 5.74) is 3.68. The van der Waals surface area contributed by atoms with E-state index in [9.17, 15) is 9.59 Å². The molecule has 0 aliphatic carbocycles. The van der Waals surface area contributed by atoms with E-state index < -0.39 is 0 Å². The SMILES string of the molecule is Cc1nc(-c2ccc(CNC(=O)C3CC(=O)N(c4ccccc4Cl)C3)cc2)cs1. The van der Waals surface area contributed by atoms with E-state index in [0.29, 0.717) is 23.8 Å². The van der Waals surface area contributed by atoms with E-state index in [1.165, 1.54) is 0 Å². The Morgan fingerprint density at radius 1 is 1.24 bits per heavy atom. The fourth-order valence-electron chi connectivity index (χ4n) is 3.41. The number of hydrogen-bond acceptors (Lipinski definition) is 4. The molecule has 0 spiro atoms. The van der Waals surface area contributed by atoms with Gasteiger partial charge in [0.05, 0.1) is 27.3 Å². The highest BCUT2D eigenvalue weighted by atomic mass is 35.5. The standard InChI is InChI=1S/C22H20ClN3O2S/c1-14-25-19(13-29-14)16-8-6-15(7-9-16)11-24-22(28)17-10-21(27)26(12-17)20-5-3-2-4-18(20)23/h2-9,13,17H,10-12H2,1H3,(H,24,28). The van der Waals surface area contributed by atoms with E-state index >= 15 is 0 Å². The molecular formula is C22H20ClN3O2S. The number of carbonyl (C=O) groups excluding carboxylic acids is 2. The molecule has 1 saturated heterocycles. The van der Waals surface area contributed by atoms with Crippen LogP contribution < -0.4 is 10.2 Å². The second kappa shape index (κ2) is 8.35. The van der Waals surface area contributed by atoms with Crippen LogP contribution in [-0.2, 0) is 16.1 Å². The van der Waals surface area contributed by atoms with E-state index in [0.717, 1.165) is 21.8 Å². The van der Waals surface area contributed by atoms with Crippen molar-refractivity contribution in [1.29, 1.82) is 0 Å². The Morgan fingerprint density at radius 2 is 2.00 bits per heavy atom. The summed E-state index contributed by atoms with van der Waals surface area (Å²) in [4.78, 5) is 31.0. The summed E-state index contributed by atoms with van der Waals surface area (Å²) < 4.78 is 0. The molecule has 2 heterocycles. The molecule has 0 bridgehead atoms. The van der Waals surface area contributed by atoms with Crippen LogP contribution in [-0.4, -0.2) is 23.3 Å². The molecule has 1 N–H and O–H groups in total. The van der Waals surface area contributed by atoms with E-state index in [4.69, 9.17) is 11.6 Å². The topological polar surface area (TPSA) is 62.3 Å². The van der Waals surface area contributed by atoms with Gasteiger partial charge in [-0.05, 0) is 24.6 Å². The van der Waals surface area contributed by atoms with Gasteiger partial charge in [0.15, 0.2) is 0 Å². The largest absolute Gasteiger partial charge is 0.352 e. The molecular weight excluding hydrogens is 406 g/mol. The highest BCUT2D eigenvalue weighted by molar-refractivity contribution is 7.09. The zero-order valence-corrected chi connectivity index (χ0v) is 17.5. The molecule has 1 aliphatic rings. The Hall–Kier alpha value is -2.70. The predicted octanol–water partition coefficient (Wildman–Crippen LogP) is 4.44. The monoisotopic (exact) mass is 425 g/mol. The highest BCUT2D eigenvalue weighted by Gasteiger charge is 2.35. The quantitative estimate of drug-likeness (QED) is 0.657. The van der Waals surface area contributed by atoms with Crippen molar-refractivity contribution in [3.63, 3.8) is 0 Å². The summed E-state index contributed by atoms with van der Waals surface area (Å²) in [6.45, 7) is 2.75. The molecule has 0 saturated carbocycles. The lowest BCUT2D eigenvalue weighted by molar-refractivity contribution is -0.126. The van der Waals surface area contributed by atoms with Crippen molar-refractivity contribution in [2.24, 2.45) is 5.92 Å². The zero-order chi connectivity index (χ0) is 20.4. The molecule has 2 aromatic carbocycles. The van der Waals surface area contributed by atoms with Gasteiger partial charge >= 0.3 is 0 Å². The summed E-state index contributed by atoms with van der Waals surface area (Å²) in [5, 5.41) is 6.53. The Morgan fingerprint density at radius 3 is 2.69 bits per heavy atom. The Bertz CT molecular complexity index is 1050. The molecule has 148 valence electrons. The van der Waals surface area contributed by atoms with E-state index in [1.807, 2.05) is 48.7 Å². The molecule has 0 radical (unpaired) electrons. The Kier molecular flexibility index (Phi) is 5.65. The molecule has 1 aromatic heterocycles. The number of carbonyl (C=O) groups is 2. The van der Waals surface area contributed by atoms with Crippen molar-refractivity contribution in [2.45, 2.75) is 19.9 Å². The lowest BCUT2D eigenvalue weighted by atomic mass is 10.1. The Balaban J connectivity index is 1.35. The molecule has 5 nitrogen and oxygen atoms in total. The van der Waals surface area contributed by atoms with Crippen LogP contribution >= 0.6 is 22.9 Å². The number of halogens is 1. The number of hydrogen-bond donors (Lipinski definition) is 1. The van der Waals surface area contributed by atoms with Crippen LogP contribution in [0.2, 0.25) is 5.02 Å². The van der Waals surface area contributed by atoms with Crippen molar-refractivity contribution in [3.8, 4) is 11.3 Å². The highest BCUT2D eigenvalue weighted by Crippen LogP contribution is 2.31. The number of rotatable bonds is 5. The molecule has 1 unspecified atom stereocenters. The van der Waals surface area contributed by atoms with Crippen molar-refractivity contribution >= 4 is 40.4 Å². The smallest absolute Gasteiger partial charge is 0.227 e. The molecule has 3 aromatic rings. The van der Waals surface area contributed by atoms with Gasteiger partial charge in [-0.15, -0.1) is 11.3 Å². The first-order valence-electron chi connectivity index (χ1n) is 9.35. The number of nitrogens with one attached hydrogen (secondary N) is 1. The third kappa shape index (κ3) is 4.33. The number of aromatic nitrogens is 1. The van der Waals surface area contributed by atoms with Crippen LogP contribution in [0, 0.1) is 12.8 Å². The first kappa shape index (κ1) is 19.6. The Labute approximate surface area is 178 Å². The second-order valence-corrected chi connectivity index (χ2v) is 8.49. The lowest BCUT2D eigenvalue weighted by Gasteiger charge is -2.18. The van der Waals surface area contributed by atoms with Gasteiger partial charge in [-0.1, -0.05) is 48.0 Å². The van der Waals surface area contributed by atoms with Crippen molar-refractivity contribution in [3.05, 3.63) is 69.5 Å². The summed E-state index contributed by atoms with van der Waals surface area (Å²) in [6, 6.07) is 15.2. The van der Waals surface area contributed by atoms with Crippen LogP contribution in [0.3, 0.4) is 0 Å². The number of anilines is 1. The van der Waals surface area contributed by atoms with Gasteiger partial charge in [0.25, 0.3) is 0 Å². The van der Waals surface area contributed by atoms with Crippen LogP contribution in [0.4, 0.5) is 5.69 Å². The number of nitrogens with zero attached hydrogens (tertiary/aromatic N) is 2. The number of thiazole rings is 1. The minimum absolute atomic E-state index is 0.0823. The number of aryl methyl sites for hydroxylation is 1. The molecule has 7 heteroatoms. The molecule has 1 fully saturated rings. The van der Waals surface area contributed by atoms with Crippen LogP contribution in [0.5, 0.6) is 0 Å². The minimum atomic E-state index is -0.379. The van der Waals surface area contributed by atoms with E-state index in [2.05, 4.69) is 10.3 Å². The maximum absolute atomic E-state index is 12.6. The lowest BCUT2D eigenvalue weighted by Crippen LogP contribution is -2.32. The summed E-state index contributed by atoms with van der Waals surface area (Å²) >= 11 is 7.82. The third-order valence-electron chi connectivity index (χ3n) is 4.97. The van der Waals surface area contributed by atoms with E-state index in [1.54, 1.807) is 28.4 Å². The van der Waals surface area contributed by atoms with Gasteiger partial charge in [-0.2, -0.15) is 0 Å². The van der Waals surface area contributed by atoms with Gasteiger partial charge in [0.1, 0.15) is 0 Å². The van der Waals surface area contributed by atoms with Gasteiger partial charge in [-0.3, -0.25) is 9.59 Å². The molecule has 29 heavy (non-hydrogen) atoms. The summed E-state index contributed by atoms with van der Waals surface area (Å²) in [5.74, 6) is -0.579. The third-order valence-corrected chi connectivity index (χ3v) is 6.07. The van der Waals surface area contributed by atoms with Crippen LogP contribution in [0.15, 0.2) is 53.9 Å². The average molecular weight is 426 g/mol.